The Morgan fingerprint density at radius 1 is 1.11 bits per heavy atom. The van der Waals surface area contributed by atoms with Crippen molar-refractivity contribution in [2.45, 2.75) is 39.3 Å². The molecule has 0 fully saturated rings. The number of anilines is 1. The molecule has 1 aromatic rings. The summed E-state index contributed by atoms with van der Waals surface area (Å²) in [7, 11) is 4.09. The highest BCUT2D eigenvalue weighted by Gasteiger charge is 2.14. The van der Waals surface area contributed by atoms with Crippen LogP contribution in [0.25, 0.3) is 0 Å². The quantitative estimate of drug-likeness (QED) is 0.795. The number of benzene rings is 1. The van der Waals surface area contributed by atoms with Gasteiger partial charge in [-0.25, -0.2) is 0 Å². The van der Waals surface area contributed by atoms with Crippen LogP contribution in [0.15, 0.2) is 24.3 Å². The second-order valence-electron chi connectivity index (χ2n) is 5.88. The largest absolute Gasteiger partial charge is 0.395 e. The van der Waals surface area contributed by atoms with Gasteiger partial charge in [0.25, 0.3) is 0 Å². The van der Waals surface area contributed by atoms with Gasteiger partial charge in [0.1, 0.15) is 0 Å². The molecule has 108 valence electrons. The lowest BCUT2D eigenvalue weighted by atomic mass is 10.0. The van der Waals surface area contributed by atoms with Gasteiger partial charge in [-0.3, -0.25) is 0 Å². The van der Waals surface area contributed by atoms with E-state index in [0.717, 1.165) is 6.42 Å². The first kappa shape index (κ1) is 16.0. The maximum absolute atomic E-state index is 9.42. The second-order valence-corrected chi connectivity index (χ2v) is 5.88. The van der Waals surface area contributed by atoms with Crippen LogP contribution in [0.2, 0.25) is 0 Å². The average Bonchev–Trinajstić information content (AvgIpc) is 2.37. The molecule has 0 aliphatic rings. The predicted molar refractivity (Wildman–Crippen MR) is 82.6 cm³/mol. The number of nitrogens with one attached hydrogen (secondary N) is 1. The Kier molecular flexibility index (Phi) is 6.32. The minimum absolute atomic E-state index is 0.170. The van der Waals surface area contributed by atoms with Crippen LogP contribution in [-0.2, 0) is 0 Å². The molecule has 19 heavy (non-hydrogen) atoms. The van der Waals surface area contributed by atoms with Crippen molar-refractivity contribution in [1.82, 2.24) is 5.32 Å². The normalized spacial score (nSPS) is 14.5. The summed E-state index contributed by atoms with van der Waals surface area (Å²) in [6.45, 7) is 6.70. The number of rotatable bonds is 7. The fraction of sp³-hybridized carbons (Fsp3) is 0.625. The number of hydrogen-bond donors (Lipinski definition) is 2. The van der Waals surface area contributed by atoms with Crippen molar-refractivity contribution >= 4 is 5.69 Å². The third kappa shape index (κ3) is 5.21. The minimum Gasteiger partial charge on any atom is -0.395 e. The molecule has 2 N–H and O–H groups in total. The van der Waals surface area contributed by atoms with Crippen LogP contribution in [0.3, 0.4) is 0 Å². The Morgan fingerprint density at radius 2 is 1.68 bits per heavy atom. The van der Waals surface area contributed by atoms with Gasteiger partial charge in [-0.05, 0) is 37.0 Å². The zero-order valence-corrected chi connectivity index (χ0v) is 12.9. The molecule has 0 heterocycles. The summed E-state index contributed by atoms with van der Waals surface area (Å²) < 4.78 is 0. The van der Waals surface area contributed by atoms with E-state index in [4.69, 9.17) is 0 Å². The Hall–Kier alpha value is -1.06. The van der Waals surface area contributed by atoms with Crippen molar-refractivity contribution < 1.29 is 5.11 Å². The van der Waals surface area contributed by atoms with Gasteiger partial charge in [0.15, 0.2) is 0 Å². The molecule has 1 aromatic carbocycles. The Bertz CT molecular complexity index is 360. The lowest BCUT2D eigenvalue weighted by molar-refractivity contribution is 0.215. The molecule has 0 aliphatic heterocycles. The third-order valence-electron chi connectivity index (χ3n) is 3.37. The van der Waals surface area contributed by atoms with Crippen LogP contribution >= 0.6 is 0 Å². The Balaban J connectivity index is 2.63. The van der Waals surface area contributed by atoms with Crippen LogP contribution in [0, 0.1) is 5.92 Å². The molecule has 0 radical (unpaired) electrons. The molecule has 1 rings (SSSR count). The Labute approximate surface area is 117 Å². The van der Waals surface area contributed by atoms with E-state index in [1.807, 2.05) is 14.1 Å². The van der Waals surface area contributed by atoms with E-state index >= 15 is 0 Å². The number of aliphatic hydroxyl groups is 1. The van der Waals surface area contributed by atoms with Crippen molar-refractivity contribution in [3.63, 3.8) is 0 Å². The van der Waals surface area contributed by atoms with E-state index in [1.165, 1.54) is 11.3 Å². The first-order valence-electron chi connectivity index (χ1n) is 7.08. The second kappa shape index (κ2) is 7.51. The average molecular weight is 264 g/mol. The van der Waals surface area contributed by atoms with Gasteiger partial charge in [-0.1, -0.05) is 26.0 Å². The standard InChI is InChI=1S/C16H28N2O/c1-12(2)10-15(11-19)17-13(3)14-6-8-16(9-7-14)18(4)5/h6-9,12-13,15,17,19H,10-11H2,1-5H3. The van der Waals surface area contributed by atoms with Gasteiger partial charge >= 0.3 is 0 Å². The van der Waals surface area contributed by atoms with Crippen molar-refractivity contribution in [2.75, 3.05) is 25.6 Å². The van der Waals surface area contributed by atoms with E-state index in [1.54, 1.807) is 0 Å². The van der Waals surface area contributed by atoms with Crippen LogP contribution < -0.4 is 10.2 Å². The molecule has 2 unspecified atom stereocenters. The smallest absolute Gasteiger partial charge is 0.0584 e. The predicted octanol–water partition coefficient (Wildman–Crippen LogP) is 2.81. The van der Waals surface area contributed by atoms with Crippen LogP contribution in [0.4, 0.5) is 5.69 Å². The van der Waals surface area contributed by atoms with Crippen molar-refractivity contribution in [1.29, 1.82) is 0 Å². The molecule has 0 saturated heterocycles. The lowest BCUT2D eigenvalue weighted by Gasteiger charge is -2.24. The molecular weight excluding hydrogens is 236 g/mol. The molecule has 0 saturated carbocycles. The van der Waals surface area contributed by atoms with E-state index in [-0.39, 0.29) is 18.7 Å². The first-order valence-corrected chi connectivity index (χ1v) is 7.08. The number of hydrogen-bond acceptors (Lipinski definition) is 3. The fourth-order valence-electron chi connectivity index (χ4n) is 2.28. The summed E-state index contributed by atoms with van der Waals surface area (Å²) in [6, 6.07) is 8.98. The van der Waals surface area contributed by atoms with Gasteiger partial charge in [0.2, 0.25) is 0 Å². The molecule has 2 atom stereocenters. The van der Waals surface area contributed by atoms with Gasteiger partial charge in [0, 0.05) is 31.9 Å². The summed E-state index contributed by atoms with van der Waals surface area (Å²) in [5, 5.41) is 12.9. The molecule has 0 aliphatic carbocycles. The van der Waals surface area contributed by atoms with E-state index in [0.29, 0.717) is 5.92 Å². The molecule has 3 heteroatoms. The first-order chi connectivity index (χ1) is 8.93. The molecule has 0 amide bonds. The molecule has 0 bridgehead atoms. The third-order valence-corrected chi connectivity index (χ3v) is 3.37. The summed E-state index contributed by atoms with van der Waals surface area (Å²) in [4.78, 5) is 2.09. The van der Waals surface area contributed by atoms with Gasteiger partial charge in [0.05, 0.1) is 6.61 Å². The van der Waals surface area contributed by atoms with E-state index in [2.05, 4.69) is 55.3 Å². The van der Waals surface area contributed by atoms with Crippen molar-refractivity contribution in [3.05, 3.63) is 29.8 Å². The van der Waals surface area contributed by atoms with Crippen molar-refractivity contribution in [3.8, 4) is 0 Å². The minimum atomic E-state index is 0.170. The molecule has 3 nitrogen and oxygen atoms in total. The summed E-state index contributed by atoms with van der Waals surface area (Å²) >= 11 is 0. The van der Waals surface area contributed by atoms with E-state index in [9.17, 15) is 5.11 Å². The van der Waals surface area contributed by atoms with E-state index < -0.39 is 0 Å². The summed E-state index contributed by atoms with van der Waals surface area (Å²) in [5.74, 6) is 0.591. The summed E-state index contributed by atoms with van der Waals surface area (Å²) in [5.41, 5.74) is 2.46. The molecule has 0 spiro atoms. The monoisotopic (exact) mass is 264 g/mol. The number of nitrogens with zero attached hydrogens (tertiary/aromatic N) is 1. The highest BCUT2D eigenvalue weighted by atomic mass is 16.3. The summed E-state index contributed by atoms with van der Waals surface area (Å²) in [6.07, 6.45) is 0.997. The Morgan fingerprint density at radius 3 is 2.11 bits per heavy atom. The van der Waals surface area contributed by atoms with Crippen LogP contribution in [0.1, 0.15) is 38.8 Å². The van der Waals surface area contributed by atoms with Gasteiger partial charge < -0.3 is 15.3 Å². The molecule has 0 aromatic heterocycles. The zero-order valence-electron chi connectivity index (χ0n) is 12.9. The lowest BCUT2D eigenvalue weighted by Crippen LogP contribution is -2.35. The topological polar surface area (TPSA) is 35.5 Å². The number of aliphatic hydroxyl groups excluding tert-OH is 1. The maximum atomic E-state index is 9.42. The highest BCUT2D eigenvalue weighted by Crippen LogP contribution is 2.19. The van der Waals surface area contributed by atoms with Gasteiger partial charge in [-0.2, -0.15) is 0 Å². The fourth-order valence-corrected chi connectivity index (χ4v) is 2.28. The maximum Gasteiger partial charge on any atom is 0.0584 e. The zero-order chi connectivity index (χ0) is 14.4. The highest BCUT2D eigenvalue weighted by molar-refractivity contribution is 5.46. The molecular formula is C16H28N2O. The SMILES string of the molecule is CC(C)CC(CO)NC(C)c1ccc(N(C)C)cc1. The van der Waals surface area contributed by atoms with Crippen LogP contribution in [0.5, 0.6) is 0 Å². The van der Waals surface area contributed by atoms with Gasteiger partial charge in [-0.15, -0.1) is 0 Å². The van der Waals surface area contributed by atoms with Crippen molar-refractivity contribution in [2.24, 2.45) is 5.92 Å². The van der Waals surface area contributed by atoms with Crippen LogP contribution in [-0.4, -0.2) is 31.9 Å².